The van der Waals surface area contributed by atoms with Crippen molar-refractivity contribution in [3.05, 3.63) is 30.3 Å². The third kappa shape index (κ3) is 3.90. The van der Waals surface area contributed by atoms with Crippen LogP contribution in [0.5, 0.6) is 0 Å². The molecule has 2 aliphatic heterocycles. The average Bonchev–Trinajstić information content (AvgIpc) is 3.46. The smallest absolute Gasteiger partial charge is 0.229 e. The Balaban J connectivity index is 1.44. The van der Waals surface area contributed by atoms with Crippen molar-refractivity contribution < 1.29 is 18.1 Å². The lowest BCUT2D eigenvalue weighted by Crippen LogP contribution is -2.57. The van der Waals surface area contributed by atoms with Gasteiger partial charge in [0, 0.05) is 24.6 Å². The predicted octanol–water partition coefficient (Wildman–Crippen LogP) is 3.32. The predicted molar refractivity (Wildman–Crippen MR) is 103 cm³/mol. The molecular weight excluding hydrogens is 367 g/mol. The third-order valence-electron chi connectivity index (χ3n) is 6.20. The van der Waals surface area contributed by atoms with E-state index in [9.17, 15) is 13.4 Å². The monoisotopic (exact) mass is 394 g/mol. The molecule has 0 bridgehead atoms. The van der Waals surface area contributed by atoms with Crippen molar-refractivity contribution in [3.8, 4) is 0 Å². The summed E-state index contributed by atoms with van der Waals surface area (Å²) >= 11 is 0. The van der Waals surface area contributed by atoms with Crippen LogP contribution >= 0.6 is 0 Å². The van der Waals surface area contributed by atoms with Gasteiger partial charge in [0.05, 0.1) is 39.7 Å². The minimum absolute atomic E-state index is 0.0862. The van der Waals surface area contributed by atoms with E-state index < -0.39 is 27.4 Å². The highest BCUT2D eigenvalue weighted by atomic mass is 32.2. The number of halogens is 1. The minimum Gasteiger partial charge on any atom is -0.371 e. The van der Waals surface area contributed by atoms with Crippen LogP contribution in [0.1, 0.15) is 32.1 Å². The molecular formula is C20H27FN2O3S. The molecule has 1 aromatic rings. The zero-order chi connectivity index (χ0) is 19.0. The SMILES string of the molecule is O=C(N1CCOC2(CCS(=O)(=Nc3ccccc3)CC2)C1)C1(CCF)CC1. The second kappa shape index (κ2) is 7.17. The highest BCUT2D eigenvalue weighted by molar-refractivity contribution is 7.93. The van der Waals surface area contributed by atoms with E-state index in [1.807, 2.05) is 35.2 Å². The molecule has 1 spiro atoms. The van der Waals surface area contributed by atoms with E-state index in [2.05, 4.69) is 4.36 Å². The zero-order valence-corrected chi connectivity index (χ0v) is 16.4. The van der Waals surface area contributed by atoms with Gasteiger partial charge in [0.2, 0.25) is 5.91 Å². The van der Waals surface area contributed by atoms with Crippen molar-refractivity contribution in [2.24, 2.45) is 9.78 Å². The lowest BCUT2D eigenvalue weighted by atomic mass is 9.92. The van der Waals surface area contributed by atoms with E-state index in [4.69, 9.17) is 4.74 Å². The van der Waals surface area contributed by atoms with Crippen molar-refractivity contribution >= 4 is 21.3 Å². The van der Waals surface area contributed by atoms with Crippen LogP contribution in [0.4, 0.5) is 10.1 Å². The highest BCUT2D eigenvalue weighted by Gasteiger charge is 2.53. The topological polar surface area (TPSA) is 59.0 Å². The molecule has 0 atom stereocenters. The second-order valence-corrected chi connectivity index (χ2v) is 10.6. The number of rotatable bonds is 4. The summed E-state index contributed by atoms with van der Waals surface area (Å²) in [4.78, 5) is 14.8. The Hall–Kier alpha value is -1.47. The van der Waals surface area contributed by atoms with Gasteiger partial charge < -0.3 is 9.64 Å². The van der Waals surface area contributed by atoms with Crippen LogP contribution in [0.15, 0.2) is 34.7 Å². The van der Waals surface area contributed by atoms with E-state index in [1.165, 1.54) is 0 Å². The van der Waals surface area contributed by atoms with Crippen molar-refractivity contribution in [3.63, 3.8) is 0 Å². The maximum absolute atomic E-state index is 13.1. The molecule has 7 heteroatoms. The number of amides is 1. The summed E-state index contributed by atoms with van der Waals surface area (Å²) in [6.45, 7) is 1.15. The molecule has 27 heavy (non-hydrogen) atoms. The van der Waals surface area contributed by atoms with Gasteiger partial charge in [0.25, 0.3) is 0 Å². The Kier molecular flexibility index (Phi) is 5.01. The molecule has 1 amide bonds. The van der Waals surface area contributed by atoms with Crippen LogP contribution in [0.2, 0.25) is 0 Å². The lowest BCUT2D eigenvalue weighted by molar-refractivity contribution is -0.157. The van der Waals surface area contributed by atoms with Gasteiger partial charge in [-0.2, -0.15) is 4.36 Å². The lowest BCUT2D eigenvalue weighted by Gasteiger charge is -2.46. The highest BCUT2D eigenvalue weighted by Crippen LogP contribution is 2.51. The molecule has 0 radical (unpaired) electrons. The van der Waals surface area contributed by atoms with Gasteiger partial charge in [0.1, 0.15) is 0 Å². The van der Waals surface area contributed by atoms with Crippen LogP contribution < -0.4 is 0 Å². The molecule has 1 saturated carbocycles. The summed E-state index contributed by atoms with van der Waals surface area (Å²) in [5, 5.41) is 0. The Morgan fingerprint density at radius 3 is 2.52 bits per heavy atom. The van der Waals surface area contributed by atoms with E-state index in [-0.39, 0.29) is 5.91 Å². The Bertz CT molecular complexity index is 802. The molecule has 1 aliphatic carbocycles. The summed E-state index contributed by atoms with van der Waals surface area (Å²) in [5.41, 5.74) is -0.132. The summed E-state index contributed by atoms with van der Waals surface area (Å²) in [6.07, 6.45) is 3.21. The Labute approximate surface area is 160 Å². The molecule has 5 nitrogen and oxygen atoms in total. The summed E-state index contributed by atoms with van der Waals surface area (Å²) in [5.74, 6) is 1.06. The Morgan fingerprint density at radius 1 is 1.19 bits per heavy atom. The molecule has 148 valence electrons. The summed E-state index contributed by atoms with van der Waals surface area (Å²) in [6, 6.07) is 9.44. The number of benzene rings is 1. The maximum Gasteiger partial charge on any atom is 0.229 e. The quantitative estimate of drug-likeness (QED) is 0.787. The molecule has 0 aromatic heterocycles. The zero-order valence-electron chi connectivity index (χ0n) is 15.6. The molecule has 0 N–H and O–H groups in total. The van der Waals surface area contributed by atoms with Crippen LogP contribution in [0.3, 0.4) is 0 Å². The van der Waals surface area contributed by atoms with E-state index in [0.717, 1.165) is 18.5 Å². The molecule has 3 fully saturated rings. The second-order valence-electron chi connectivity index (χ2n) is 8.09. The van der Waals surface area contributed by atoms with Crippen LogP contribution in [0, 0.1) is 5.41 Å². The van der Waals surface area contributed by atoms with E-state index >= 15 is 0 Å². The molecule has 2 heterocycles. The van der Waals surface area contributed by atoms with Crippen molar-refractivity contribution in [2.45, 2.75) is 37.7 Å². The van der Waals surface area contributed by atoms with Gasteiger partial charge >= 0.3 is 0 Å². The first kappa shape index (κ1) is 18.9. The van der Waals surface area contributed by atoms with Gasteiger partial charge in [-0.05, 0) is 44.2 Å². The third-order valence-corrected chi connectivity index (χ3v) is 8.42. The number of hydrogen-bond donors (Lipinski definition) is 0. The number of carbonyl (C=O) groups is 1. The minimum atomic E-state index is -2.29. The van der Waals surface area contributed by atoms with Gasteiger partial charge in [-0.3, -0.25) is 9.18 Å². The number of alkyl halides is 1. The first-order chi connectivity index (χ1) is 13.0. The van der Waals surface area contributed by atoms with Crippen molar-refractivity contribution in [1.29, 1.82) is 0 Å². The van der Waals surface area contributed by atoms with Crippen molar-refractivity contribution in [1.82, 2.24) is 4.90 Å². The Morgan fingerprint density at radius 2 is 1.89 bits per heavy atom. The molecule has 4 rings (SSSR count). The molecule has 1 aromatic carbocycles. The number of hydrogen-bond acceptors (Lipinski definition) is 4. The van der Waals surface area contributed by atoms with Gasteiger partial charge in [-0.1, -0.05) is 18.2 Å². The van der Waals surface area contributed by atoms with Gasteiger partial charge in [-0.25, -0.2) is 4.21 Å². The molecule has 0 unspecified atom stereocenters. The van der Waals surface area contributed by atoms with Crippen molar-refractivity contribution in [2.75, 3.05) is 37.9 Å². The van der Waals surface area contributed by atoms with E-state index in [1.54, 1.807) is 0 Å². The fourth-order valence-electron chi connectivity index (χ4n) is 4.25. The number of carbonyl (C=O) groups excluding carboxylic acids is 1. The largest absolute Gasteiger partial charge is 0.371 e. The summed E-state index contributed by atoms with van der Waals surface area (Å²) < 4.78 is 36.6. The summed E-state index contributed by atoms with van der Waals surface area (Å²) in [7, 11) is -2.29. The van der Waals surface area contributed by atoms with Crippen LogP contribution in [-0.4, -0.2) is 58.5 Å². The normalized spacial score (nSPS) is 32.3. The molecule has 3 aliphatic rings. The fraction of sp³-hybridized carbons (Fsp3) is 0.650. The number of nitrogens with zero attached hydrogens (tertiary/aromatic N) is 2. The van der Waals surface area contributed by atoms with Crippen LogP contribution in [0.25, 0.3) is 0 Å². The first-order valence-corrected chi connectivity index (χ1v) is 11.6. The standard InChI is InChI=1S/C20H27FN2O3S/c21-11-8-19(6-7-19)18(24)23-12-13-26-20(16-23)9-14-27(25,15-10-20)22-17-4-2-1-3-5-17/h1-5H,6-16H2. The molecule has 2 saturated heterocycles. The van der Waals surface area contributed by atoms with Gasteiger partial charge in [-0.15, -0.1) is 0 Å². The van der Waals surface area contributed by atoms with Crippen LogP contribution in [-0.2, 0) is 19.3 Å². The average molecular weight is 395 g/mol. The number of ether oxygens (including phenoxy) is 1. The fourth-order valence-corrected chi connectivity index (χ4v) is 6.52. The maximum atomic E-state index is 13.1. The first-order valence-electron chi connectivity index (χ1n) is 9.75. The van der Waals surface area contributed by atoms with Gasteiger partial charge in [0.15, 0.2) is 0 Å². The van der Waals surface area contributed by atoms with E-state index in [0.29, 0.717) is 50.5 Å². The number of morpholine rings is 1.